The molecule has 1 aromatic rings. The van der Waals surface area contributed by atoms with E-state index < -0.39 is 5.60 Å². The van der Waals surface area contributed by atoms with E-state index in [1.54, 1.807) is 4.90 Å². The number of hydrogen-bond donors (Lipinski definition) is 0. The van der Waals surface area contributed by atoms with Crippen molar-refractivity contribution in [1.29, 1.82) is 0 Å². The Labute approximate surface area is 126 Å². The highest BCUT2D eigenvalue weighted by atomic mass is 16.6. The number of carbonyl (C=O) groups is 1. The van der Waals surface area contributed by atoms with Gasteiger partial charge in [-0.2, -0.15) is 0 Å². The van der Waals surface area contributed by atoms with Crippen LogP contribution in [0, 0.1) is 0 Å². The second-order valence-corrected chi connectivity index (χ2v) is 6.51. The summed E-state index contributed by atoms with van der Waals surface area (Å²) in [5.41, 5.74) is 1.66. The van der Waals surface area contributed by atoms with Crippen LogP contribution in [0.2, 0.25) is 0 Å². The number of fused-ring (bicyclic) bond motifs is 1. The van der Waals surface area contributed by atoms with Crippen molar-refractivity contribution < 1.29 is 9.53 Å². The Balaban J connectivity index is 2.12. The molecule has 5 nitrogen and oxygen atoms in total. The number of rotatable bonds is 2. The second-order valence-electron chi connectivity index (χ2n) is 6.51. The van der Waals surface area contributed by atoms with Gasteiger partial charge in [-0.3, -0.25) is 0 Å². The number of hydrogen-bond acceptors (Lipinski definition) is 4. The largest absolute Gasteiger partial charge is 0.444 e. The van der Waals surface area contributed by atoms with Crippen LogP contribution in [0.1, 0.15) is 57.6 Å². The van der Waals surface area contributed by atoms with Gasteiger partial charge in [0.05, 0.1) is 6.54 Å². The highest BCUT2D eigenvalue weighted by Gasteiger charge is 2.25. The van der Waals surface area contributed by atoms with E-state index in [0.29, 0.717) is 13.1 Å². The summed E-state index contributed by atoms with van der Waals surface area (Å²) < 4.78 is 5.46. The number of amides is 1. The Morgan fingerprint density at radius 3 is 2.86 bits per heavy atom. The monoisotopic (exact) mass is 291 g/mol. The first-order valence-electron chi connectivity index (χ1n) is 7.70. The van der Waals surface area contributed by atoms with Crippen molar-refractivity contribution in [2.75, 3.05) is 6.54 Å². The maximum Gasteiger partial charge on any atom is 0.410 e. The minimum absolute atomic E-state index is 0.256. The molecule has 0 saturated heterocycles. The highest BCUT2D eigenvalue weighted by molar-refractivity contribution is 5.68. The number of carbonyl (C=O) groups excluding carboxylic acids is 1. The van der Waals surface area contributed by atoms with Gasteiger partial charge in [-0.05, 0) is 40.0 Å². The fraction of sp³-hybridized carbons (Fsp3) is 0.688. The van der Waals surface area contributed by atoms with E-state index in [9.17, 15) is 4.79 Å². The van der Waals surface area contributed by atoms with Gasteiger partial charge in [-0.25, -0.2) is 14.8 Å². The van der Waals surface area contributed by atoms with E-state index in [0.717, 1.165) is 42.8 Å². The first kappa shape index (κ1) is 15.7. The van der Waals surface area contributed by atoms with Gasteiger partial charge in [0, 0.05) is 30.4 Å². The predicted octanol–water partition coefficient (Wildman–Crippen LogP) is 3.11. The van der Waals surface area contributed by atoms with Crippen molar-refractivity contribution in [3.8, 4) is 0 Å². The third-order valence-electron chi connectivity index (χ3n) is 3.33. The van der Waals surface area contributed by atoms with E-state index in [1.165, 1.54) is 0 Å². The predicted molar refractivity (Wildman–Crippen MR) is 81.0 cm³/mol. The smallest absolute Gasteiger partial charge is 0.410 e. The quantitative estimate of drug-likeness (QED) is 0.840. The van der Waals surface area contributed by atoms with Crippen LogP contribution in [0.4, 0.5) is 4.79 Å². The molecule has 0 atom stereocenters. The summed E-state index contributed by atoms with van der Waals surface area (Å²) in [4.78, 5) is 23.0. The van der Waals surface area contributed by atoms with Crippen molar-refractivity contribution in [3.63, 3.8) is 0 Å². The zero-order chi connectivity index (χ0) is 15.5. The fourth-order valence-electron chi connectivity index (χ4n) is 2.38. The molecular weight excluding hydrogens is 266 g/mol. The van der Waals surface area contributed by atoms with Crippen molar-refractivity contribution in [3.05, 3.63) is 23.3 Å². The summed E-state index contributed by atoms with van der Waals surface area (Å²) in [6.45, 7) is 9.02. The third kappa shape index (κ3) is 4.41. The summed E-state index contributed by atoms with van der Waals surface area (Å²) >= 11 is 0. The fourth-order valence-corrected chi connectivity index (χ4v) is 2.38. The third-order valence-corrected chi connectivity index (χ3v) is 3.33. The molecular formula is C16H25N3O2. The van der Waals surface area contributed by atoms with E-state index in [1.807, 2.05) is 27.0 Å². The minimum atomic E-state index is -0.465. The Morgan fingerprint density at radius 1 is 1.43 bits per heavy atom. The molecule has 0 saturated carbocycles. The molecule has 0 spiro atoms. The van der Waals surface area contributed by atoms with Crippen LogP contribution in [0.5, 0.6) is 0 Å². The van der Waals surface area contributed by atoms with Crippen LogP contribution in [-0.2, 0) is 24.1 Å². The zero-order valence-electron chi connectivity index (χ0n) is 13.5. The molecule has 21 heavy (non-hydrogen) atoms. The first-order valence-corrected chi connectivity index (χ1v) is 7.70. The summed E-state index contributed by atoms with van der Waals surface area (Å²) in [6, 6.07) is 0. The molecule has 116 valence electrons. The topological polar surface area (TPSA) is 55.3 Å². The van der Waals surface area contributed by atoms with Crippen molar-refractivity contribution >= 4 is 6.09 Å². The molecule has 0 fully saturated rings. The van der Waals surface area contributed by atoms with Crippen LogP contribution >= 0.6 is 0 Å². The molecule has 0 unspecified atom stereocenters. The van der Waals surface area contributed by atoms with E-state index in [-0.39, 0.29) is 6.09 Å². The van der Waals surface area contributed by atoms with Crippen LogP contribution < -0.4 is 0 Å². The number of ether oxygens (including phenoxy) is 1. The molecule has 1 aliphatic rings. The zero-order valence-corrected chi connectivity index (χ0v) is 13.5. The molecule has 5 heteroatoms. The van der Waals surface area contributed by atoms with Crippen molar-refractivity contribution in [1.82, 2.24) is 14.9 Å². The van der Waals surface area contributed by atoms with Gasteiger partial charge in [0.25, 0.3) is 0 Å². The molecule has 1 amide bonds. The lowest BCUT2D eigenvalue weighted by Gasteiger charge is -2.26. The average Bonchev–Trinajstić information content (AvgIpc) is 2.59. The van der Waals surface area contributed by atoms with E-state index in [2.05, 4.69) is 16.9 Å². The molecule has 2 rings (SSSR count). The van der Waals surface area contributed by atoms with Crippen LogP contribution in [-0.4, -0.2) is 33.1 Å². The Hall–Kier alpha value is -1.65. The first-order chi connectivity index (χ1) is 9.89. The van der Waals surface area contributed by atoms with Gasteiger partial charge < -0.3 is 9.64 Å². The molecule has 0 aromatic carbocycles. The lowest BCUT2D eigenvalue weighted by atomic mass is 10.1. The SMILES string of the molecule is CCCc1ncc2c(n1)CCCN(C(=O)OC(C)(C)C)C2. The summed E-state index contributed by atoms with van der Waals surface area (Å²) in [5, 5.41) is 0. The Bertz CT molecular complexity index is 509. The molecule has 0 radical (unpaired) electrons. The standard InChI is InChI=1S/C16H25N3O2/c1-5-7-14-17-10-12-11-19(9-6-8-13(12)18-14)15(20)21-16(2,3)4/h10H,5-9,11H2,1-4H3. The lowest BCUT2D eigenvalue weighted by molar-refractivity contribution is 0.0236. The number of aromatic nitrogens is 2. The van der Waals surface area contributed by atoms with Crippen LogP contribution in [0.25, 0.3) is 0 Å². The Morgan fingerprint density at radius 2 is 2.19 bits per heavy atom. The van der Waals surface area contributed by atoms with Gasteiger partial charge in [-0.1, -0.05) is 6.92 Å². The second kappa shape index (κ2) is 6.41. The van der Waals surface area contributed by atoms with E-state index in [4.69, 9.17) is 4.74 Å². The normalized spacial score (nSPS) is 15.3. The highest BCUT2D eigenvalue weighted by Crippen LogP contribution is 2.19. The van der Waals surface area contributed by atoms with Gasteiger partial charge in [0.1, 0.15) is 11.4 Å². The maximum absolute atomic E-state index is 12.2. The number of nitrogens with zero attached hydrogens (tertiary/aromatic N) is 3. The van der Waals surface area contributed by atoms with Gasteiger partial charge in [-0.15, -0.1) is 0 Å². The van der Waals surface area contributed by atoms with Gasteiger partial charge >= 0.3 is 6.09 Å². The molecule has 0 bridgehead atoms. The summed E-state index contributed by atoms with van der Waals surface area (Å²) in [6.07, 6.45) is 5.37. The maximum atomic E-state index is 12.2. The molecule has 0 N–H and O–H groups in total. The average molecular weight is 291 g/mol. The number of aryl methyl sites for hydroxylation is 2. The molecule has 2 heterocycles. The molecule has 1 aliphatic heterocycles. The van der Waals surface area contributed by atoms with Crippen LogP contribution in [0.15, 0.2) is 6.20 Å². The van der Waals surface area contributed by atoms with Crippen molar-refractivity contribution in [2.45, 2.75) is 65.5 Å². The lowest BCUT2D eigenvalue weighted by Crippen LogP contribution is -2.36. The molecule has 1 aromatic heterocycles. The van der Waals surface area contributed by atoms with Gasteiger partial charge in [0.2, 0.25) is 0 Å². The molecule has 0 aliphatic carbocycles. The van der Waals surface area contributed by atoms with Gasteiger partial charge in [0.15, 0.2) is 0 Å². The van der Waals surface area contributed by atoms with E-state index >= 15 is 0 Å². The Kier molecular flexibility index (Phi) is 4.80. The van der Waals surface area contributed by atoms with Crippen LogP contribution in [0.3, 0.4) is 0 Å². The summed E-state index contributed by atoms with van der Waals surface area (Å²) in [5.74, 6) is 0.905. The minimum Gasteiger partial charge on any atom is -0.444 e. The summed E-state index contributed by atoms with van der Waals surface area (Å²) in [7, 11) is 0. The van der Waals surface area contributed by atoms with Crippen molar-refractivity contribution in [2.24, 2.45) is 0 Å².